The molecule has 4 atom stereocenters. The minimum atomic E-state index is -0.0788. The highest BCUT2D eigenvalue weighted by atomic mass is 16.5. The molecule has 228 valence electrons. The van der Waals surface area contributed by atoms with E-state index in [0.29, 0.717) is 46.2 Å². The van der Waals surface area contributed by atoms with Crippen LogP contribution in [0.15, 0.2) is 36.4 Å². The molecule has 2 aliphatic carbocycles. The van der Waals surface area contributed by atoms with E-state index in [9.17, 15) is 4.79 Å². The average molecular weight is 577 g/mol. The summed E-state index contributed by atoms with van der Waals surface area (Å²) in [6.45, 7) is 4.67. The maximum atomic E-state index is 13.6. The Kier molecular flexibility index (Phi) is 9.55. The van der Waals surface area contributed by atoms with Crippen LogP contribution in [0.3, 0.4) is 0 Å². The molecule has 2 aromatic rings. The monoisotopic (exact) mass is 576 g/mol. The van der Waals surface area contributed by atoms with Crippen LogP contribution >= 0.6 is 0 Å². The number of methoxy groups -OCH3 is 2. The molecule has 6 rings (SSSR count). The standard InChI is InChI=1S/C35H48N2O5/c1-39-33-23-25(15-17-31(33)41-29-13-5-3-11-27(29)36-19-7-8-20-36)35(38)26-16-18-32(34(24-26)40-2)42-30-14-6-4-12-28(30)37-21-9-10-22-37/h15-18,23-24,27-30H,3-14,19-22H2,1-2H3. The van der Waals surface area contributed by atoms with Crippen molar-refractivity contribution in [1.82, 2.24) is 9.80 Å². The summed E-state index contributed by atoms with van der Waals surface area (Å²) < 4.78 is 24.7. The molecule has 7 nitrogen and oxygen atoms in total. The molecule has 2 heterocycles. The second kappa shape index (κ2) is 13.7. The van der Waals surface area contributed by atoms with Gasteiger partial charge < -0.3 is 18.9 Å². The van der Waals surface area contributed by atoms with E-state index in [1.165, 1.54) is 90.4 Å². The predicted molar refractivity (Wildman–Crippen MR) is 164 cm³/mol. The number of hydrogen-bond acceptors (Lipinski definition) is 7. The fourth-order valence-corrected chi connectivity index (χ4v) is 7.72. The lowest BCUT2D eigenvalue weighted by Crippen LogP contribution is -2.46. The Morgan fingerprint density at radius 3 is 1.38 bits per heavy atom. The number of hydrogen-bond donors (Lipinski definition) is 0. The van der Waals surface area contributed by atoms with Crippen LogP contribution in [-0.2, 0) is 0 Å². The van der Waals surface area contributed by atoms with Crippen molar-refractivity contribution in [2.24, 2.45) is 0 Å². The predicted octanol–water partition coefficient (Wildman–Crippen LogP) is 6.51. The summed E-state index contributed by atoms with van der Waals surface area (Å²) in [5, 5.41) is 0. The maximum Gasteiger partial charge on any atom is 0.193 e. The Morgan fingerprint density at radius 1 is 0.571 bits per heavy atom. The molecule has 2 saturated heterocycles. The molecule has 4 fully saturated rings. The van der Waals surface area contributed by atoms with Gasteiger partial charge in [-0.25, -0.2) is 0 Å². The number of carbonyl (C=O) groups excluding carboxylic acids is 1. The van der Waals surface area contributed by atoms with Gasteiger partial charge in [0, 0.05) is 23.2 Å². The van der Waals surface area contributed by atoms with Crippen LogP contribution < -0.4 is 18.9 Å². The van der Waals surface area contributed by atoms with Crippen LogP contribution in [0.1, 0.15) is 93.0 Å². The summed E-state index contributed by atoms with van der Waals surface area (Å²) >= 11 is 0. The van der Waals surface area contributed by atoms with Crippen LogP contribution in [0.25, 0.3) is 0 Å². The number of carbonyl (C=O) groups is 1. The zero-order chi connectivity index (χ0) is 28.9. The van der Waals surface area contributed by atoms with Gasteiger partial charge in [0.15, 0.2) is 28.8 Å². The van der Waals surface area contributed by atoms with Gasteiger partial charge in [-0.05, 0) is 127 Å². The van der Waals surface area contributed by atoms with Crippen molar-refractivity contribution >= 4 is 5.78 Å². The molecule has 2 aromatic carbocycles. The maximum absolute atomic E-state index is 13.6. The van der Waals surface area contributed by atoms with E-state index in [1.807, 2.05) is 36.4 Å². The molecule has 2 saturated carbocycles. The van der Waals surface area contributed by atoms with Crippen molar-refractivity contribution in [3.8, 4) is 23.0 Å². The molecule has 0 spiro atoms. The molecular weight excluding hydrogens is 528 g/mol. The number of likely N-dealkylation sites (tertiary alicyclic amines) is 2. The average Bonchev–Trinajstić information content (AvgIpc) is 3.77. The SMILES string of the molecule is COc1cc(C(=O)c2ccc(OC3CCCCC3N3CCCC3)c(OC)c2)ccc1OC1CCCCC1N1CCCC1. The summed E-state index contributed by atoms with van der Waals surface area (Å²) in [4.78, 5) is 18.8. The lowest BCUT2D eigenvalue weighted by molar-refractivity contribution is 0.0467. The van der Waals surface area contributed by atoms with Gasteiger partial charge in [-0.3, -0.25) is 14.6 Å². The summed E-state index contributed by atoms with van der Waals surface area (Å²) in [5.74, 6) is 2.55. The molecule has 0 amide bonds. The molecule has 4 unspecified atom stereocenters. The summed E-state index contributed by atoms with van der Waals surface area (Å²) in [7, 11) is 3.29. The van der Waals surface area contributed by atoms with Gasteiger partial charge in [0.05, 0.1) is 14.2 Å². The fourth-order valence-electron chi connectivity index (χ4n) is 7.72. The Labute approximate surface area is 251 Å². The summed E-state index contributed by atoms with van der Waals surface area (Å²) in [5.41, 5.74) is 1.13. The van der Waals surface area contributed by atoms with E-state index >= 15 is 0 Å². The largest absolute Gasteiger partial charge is 0.493 e. The first kappa shape index (κ1) is 29.3. The fraction of sp³-hybridized carbons (Fsp3) is 0.629. The van der Waals surface area contributed by atoms with Gasteiger partial charge in [-0.2, -0.15) is 0 Å². The number of nitrogens with zero attached hydrogens (tertiary/aromatic N) is 2. The van der Waals surface area contributed by atoms with Gasteiger partial charge >= 0.3 is 0 Å². The Bertz CT molecular complexity index is 1110. The minimum absolute atomic E-state index is 0.0788. The van der Waals surface area contributed by atoms with Crippen molar-refractivity contribution in [3.05, 3.63) is 47.5 Å². The molecule has 0 radical (unpaired) electrons. The number of benzene rings is 2. The molecule has 2 aliphatic heterocycles. The lowest BCUT2D eigenvalue weighted by atomic mass is 9.91. The van der Waals surface area contributed by atoms with Gasteiger partial charge in [-0.1, -0.05) is 12.8 Å². The second-order valence-corrected chi connectivity index (χ2v) is 12.6. The van der Waals surface area contributed by atoms with E-state index in [2.05, 4.69) is 9.80 Å². The third-order valence-corrected chi connectivity index (χ3v) is 9.96. The zero-order valence-electron chi connectivity index (χ0n) is 25.5. The zero-order valence-corrected chi connectivity index (χ0v) is 25.5. The van der Waals surface area contributed by atoms with Crippen LogP contribution in [0.4, 0.5) is 0 Å². The van der Waals surface area contributed by atoms with E-state index in [-0.39, 0.29) is 18.0 Å². The summed E-state index contributed by atoms with van der Waals surface area (Å²) in [6, 6.07) is 12.0. The highest BCUT2D eigenvalue weighted by Gasteiger charge is 2.35. The van der Waals surface area contributed by atoms with Gasteiger partial charge in [-0.15, -0.1) is 0 Å². The minimum Gasteiger partial charge on any atom is -0.493 e. The van der Waals surface area contributed by atoms with Crippen LogP contribution in [0.2, 0.25) is 0 Å². The highest BCUT2D eigenvalue weighted by Crippen LogP contribution is 2.37. The molecule has 7 heteroatoms. The van der Waals surface area contributed by atoms with Crippen LogP contribution in [0.5, 0.6) is 23.0 Å². The lowest BCUT2D eigenvalue weighted by Gasteiger charge is -2.38. The van der Waals surface area contributed by atoms with Gasteiger partial charge in [0.25, 0.3) is 0 Å². The topological polar surface area (TPSA) is 60.5 Å². The van der Waals surface area contributed by atoms with Crippen LogP contribution in [0, 0.1) is 0 Å². The van der Waals surface area contributed by atoms with Gasteiger partial charge in [0.1, 0.15) is 12.2 Å². The van der Waals surface area contributed by atoms with Gasteiger partial charge in [0.2, 0.25) is 0 Å². The molecule has 0 aromatic heterocycles. The first-order valence-corrected chi connectivity index (χ1v) is 16.4. The third-order valence-electron chi connectivity index (χ3n) is 9.96. The number of rotatable bonds is 10. The third kappa shape index (κ3) is 6.42. The quantitative estimate of drug-likeness (QED) is 0.299. The van der Waals surface area contributed by atoms with Crippen molar-refractivity contribution in [1.29, 1.82) is 0 Å². The molecule has 4 aliphatic rings. The Hall–Kier alpha value is -2.77. The number of ketones is 1. The first-order chi connectivity index (χ1) is 20.6. The Balaban J connectivity index is 1.16. The first-order valence-electron chi connectivity index (χ1n) is 16.4. The Morgan fingerprint density at radius 2 is 0.976 bits per heavy atom. The van der Waals surface area contributed by atoms with E-state index in [4.69, 9.17) is 18.9 Å². The van der Waals surface area contributed by atoms with Crippen LogP contribution in [-0.4, -0.2) is 80.3 Å². The van der Waals surface area contributed by atoms with E-state index in [0.717, 1.165) is 12.8 Å². The second-order valence-electron chi connectivity index (χ2n) is 12.6. The molecular formula is C35H48N2O5. The number of ether oxygens (including phenoxy) is 4. The van der Waals surface area contributed by atoms with Crippen molar-refractivity contribution in [2.75, 3.05) is 40.4 Å². The van der Waals surface area contributed by atoms with E-state index in [1.54, 1.807) is 14.2 Å². The highest BCUT2D eigenvalue weighted by molar-refractivity contribution is 6.09. The summed E-state index contributed by atoms with van der Waals surface area (Å²) in [6.07, 6.45) is 14.8. The normalized spacial score (nSPS) is 27.1. The smallest absolute Gasteiger partial charge is 0.193 e. The van der Waals surface area contributed by atoms with Crippen molar-refractivity contribution < 1.29 is 23.7 Å². The molecule has 0 N–H and O–H groups in total. The van der Waals surface area contributed by atoms with Crippen molar-refractivity contribution in [2.45, 2.75) is 101 Å². The molecule has 42 heavy (non-hydrogen) atoms. The van der Waals surface area contributed by atoms with Crippen molar-refractivity contribution in [3.63, 3.8) is 0 Å². The molecule has 0 bridgehead atoms. The van der Waals surface area contributed by atoms with E-state index < -0.39 is 0 Å².